The van der Waals surface area contributed by atoms with Crippen molar-refractivity contribution in [3.05, 3.63) is 48.0 Å². The molecule has 0 aliphatic heterocycles. The summed E-state index contributed by atoms with van der Waals surface area (Å²) in [5, 5.41) is 11.9. The number of carbonyl (C=O) groups is 1. The van der Waals surface area contributed by atoms with Crippen LogP contribution < -0.4 is 5.32 Å². The van der Waals surface area contributed by atoms with Crippen molar-refractivity contribution in [1.29, 1.82) is 0 Å². The highest BCUT2D eigenvalue weighted by molar-refractivity contribution is 5.87. The van der Waals surface area contributed by atoms with E-state index in [1.807, 2.05) is 30.3 Å². The van der Waals surface area contributed by atoms with Crippen LogP contribution in [0.4, 0.5) is 0 Å². The quantitative estimate of drug-likeness (QED) is 0.730. The lowest BCUT2D eigenvalue weighted by Gasteiger charge is -2.15. The molecule has 1 aromatic rings. The third-order valence-electron chi connectivity index (χ3n) is 2.02. The zero-order valence-corrected chi connectivity index (χ0v) is 8.68. The fourth-order valence-corrected chi connectivity index (χ4v) is 1.29. The smallest absolute Gasteiger partial charge is 0.244 e. The van der Waals surface area contributed by atoms with Gasteiger partial charge in [0.1, 0.15) is 0 Å². The maximum atomic E-state index is 11.3. The Morgan fingerprint density at radius 1 is 1.47 bits per heavy atom. The molecule has 1 amide bonds. The number of rotatable bonds is 4. The number of amides is 1. The molecule has 0 unspecified atom stereocenters. The molecule has 0 heterocycles. The molecule has 15 heavy (non-hydrogen) atoms. The Bertz CT molecular complexity index is 333. The van der Waals surface area contributed by atoms with E-state index in [-0.39, 0.29) is 18.6 Å². The van der Waals surface area contributed by atoms with Gasteiger partial charge >= 0.3 is 0 Å². The van der Waals surface area contributed by atoms with Crippen LogP contribution in [0.1, 0.15) is 18.5 Å². The molecule has 0 spiro atoms. The average molecular weight is 205 g/mol. The van der Waals surface area contributed by atoms with Crippen LogP contribution in [-0.4, -0.2) is 17.6 Å². The first-order valence-corrected chi connectivity index (χ1v) is 4.87. The standard InChI is InChI=1S/C12H15NO2/c1-2-6-12(15)13-11(9-14)10-7-4-3-5-8-10/h2-8,11,14H,9H2,1H3,(H,13,15)/b6-2+/t11-/m0/s1. The van der Waals surface area contributed by atoms with Gasteiger partial charge in [0, 0.05) is 0 Å². The molecular weight excluding hydrogens is 190 g/mol. The van der Waals surface area contributed by atoms with E-state index >= 15 is 0 Å². The summed E-state index contributed by atoms with van der Waals surface area (Å²) < 4.78 is 0. The number of carbonyl (C=O) groups excluding carboxylic acids is 1. The van der Waals surface area contributed by atoms with Crippen LogP contribution in [0, 0.1) is 0 Å². The second kappa shape index (κ2) is 5.98. The topological polar surface area (TPSA) is 49.3 Å². The van der Waals surface area contributed by atoms with Gasteiger partial charge in [-0.15, -0.1) is 0 Å². The molecule has 0 aliphatic carbocycles. The van der Waals surface area contributed by atoms with Crippen molar-refractivity contribution in [1.82, 2.24) is 5.32 Å². The Balaban J connectivity index is 2.69. The third kappa shape index (κ3) is 3.56. The van der Waals surface area contributed by atoms with E-state index < -0.39 is 0 Å². The highest BCUT2D eigenvalue weighted by Crippen LogP contribution is 2.11. The zero-order chi connectivity index (χ0) is 11.1. The van der Waals surface area contributed by atoms with Crippen LogP contribution >= 0.6 is 0 Å². The van der Waals surface area contributed by atoms with E-state index in [0.29, 0.717) is 0 Å². The molecule has 1 aromatic carbocycles. The molecule has 3 heteroatoms. The van der Waals surface area contributed by atoms with Gasteiger partial charge in [-0.1, -0.05) is 36.4 Å². The van der Waals surface area contributed by atoms with Crippen LogP contribution in [-0.2, 0) is 4.79 Å². The van der Waals surface area contributed by atoms with Crippen molar-refractivity contribution < 1.29 is 9.90 Å². The summed E-state index contributed by atoms with van der Waals surface area (Å²) in [7, 11) is 0. The predicted molar refractivity (Wildman–Crippen MR) is 59.2 cm³/mol. The Labute approximate surface area is 89.4 Å². The Hall–Kier alpha value is -1.61. The molecule has 0 aliphatic rings. The molecule has 0 saturated carbocycles. The fraction of sp³-hybridized carbons (Fsp3) is 0.250. The SMILES string of the molecule is C/C=C/C(=O)N[C@@H](CO)c1ccccc1. The van der Waals surface area contributed by atoms with E-state index in [9.17, 15) is 4.79 Å². The molecule has 0 aromatic heterocycles. The van der Waals surface area contributed by atoms with Crippen molar-refractivity contribution >= 4 is 5.91 Å². The summed E-state index contributed by atoms with van der Waals surface area (Å²) in [6.07, 6.45) is 3.10. The summed E-state index contributed by atoms with van der Waals surface area (Å²) in [6.45, 7) is 1.67. The van der Waals surface area contributed by atoms with Crippen molar-refractivity contribution in [3.63, 3.8) is 0 Å². The normalized spacial score (nSPS) is 12.7. The monoisotopic (exact) mass is 205 g/mol. The summed E-state index contributed by atoms with van der Waals surface area (Å²) in [6, 6.07) is 9.05. The first-order valence-electron chi connectivity index (χ1n) is 4.87. The van der Waals surface area contributed by atoms with Gasteiger partial charge in [0.15, 0.2) is 0 Å². The molecule has 0 saturated heterocycles. The lowest BCUT2D eigenvalue weighted by atomic mass is 10.1. The summed E-state index contributed by atoms with van der Waals surface area (Å²) in [5.74, 6) is -0.194. The lowest BCUT2D eigenvalue weighted by Crippen LogP contribution is -2.29. The van der Waals surface area contributed by atoms with Gasteiger partial charge in [0.25, 0.3) is 0 Å². The van der Waals surface area contributed by atoms with Crippen LogP contribution in [0.3, 0.4) is 0 Å². The van der Waals surface area contributed by atoms with Gasteiger partial charge in [-0.05, 0) is 18.6 Å². The molecule has 1 rings (SSSR count). The highest BCUT2D eigenvalue weighted by atomic mass is 16.3. The maximum Gasteiger partial charge on any atom is 0.244 e. The lowest BCUT2D eigenvalue weighted by molar-refractivity contribution is -0.117. The second-order valence-corrected chi connectivity index (χ2v) is 3.15. The average Bonchev–Trinajstić information content (AvgIpc) is 2.27. The Morgan fingerprint density at radius 3 is 2.67 bits per heavy atom. The first kappa shape index (κ1) is 11.5. The molecule has 3 nitrogen and oxygen atoms in total. The number of hydrogen-bond donors (Lipinski definition) is 2. The largest absolute Gasteiger partial charge is 0.394 e. The molecule has 2 N–H and O–H groups in total. The number of benzene rings is 1. The maximum absolute atomic E-state index is 11.3. The minimum atomic E-state index is -0.338. The van der Waals surface area contributed by atoms with Gasteiger partial charge in [-0.2, -0.15) is 0 Å². The molecule has 0 radical (unpaired) electrons. The Kier molecular flexibility index (Phi) is 4.57. The first-order chi connectivity index (χ1) is 7.27. The Morgan fingerprint density at radius 2 is 2.13 bits per heavy atom. The van der Waals surface area contributed by atoms with E-state index in [4.69, 9.17) is 5.11 Å². The zero-order valence-electron chi connectivity index (χ0n) is 8.68. The van der Waals surface area contributed by atoms with Crippen molar-refractivity contribution in [2.24, 2.45) is 0 Å². The van der Waals surface area contributed by atoms with Gasteiger partial charge < -0.3 is 10.4 Å². The van der Waals surface area contributed by atoms with E-state index in [1.165, 1.54) is 6.08 Å². The van der Waals surface area contributed by atoms with Gasteiger partial charge in [-0.3, -0.25) is 4.79 Å². The number of hydrogen-bond acceptors (Lipinski definition) is 2. The van der Waals surface area contributed by atoms with Crippen LogP contribution in [0.25, 0.3) is 0 Å². The summed E-state index contributed by atoms with van der Waals surface area (Å²) in [4.78, 5) is 11.3. The number of aliphatic hydroxyl groups excluding tert-OH is 1. The fourth-order valence-electron chi connectivity index (χ4n) is 1.29. The summed E-state index contributed by atoms with van der Waals surface area (Å²) in [5.41, 5.74) is 0.901. The number of nitrogens with one attached hydrogen (secondary N) is 1. The van der Waals surface area contributed by atoms with Crippen molar-refractivity contribution in [2.45, 2.75) is 13.0 Å². The van der Waals surface area contributed by atoms with E-state index in [1.54, 1.807) is 13.0 Å². The van der Waals surface area contributed by atoms with Crippen molar-refractivity contribution in [3.8, 4) is 0 Å². The van der Waals surface area contributed by atoms with Crippen molar-refractivity contribution in [2.75, 3.05) is 6.61 Å². The van der Waals surface area contributed by atoms with E-state index in [0.717, 1.165) is 5.56 Å². The van der Waals surface area contributed by atoms with E-state index in [2.05, 4.69) is 5.32 Å². The third-order valence-corrected chi connectivity index (χ3v) is 2.02. The predicted octanol–water partition coefficient (Wildman–Crippen LogP) is 1.41. The molecule has 80 valence electrons. The van der Waals surface area contributed by atoms with Gasteiger partial charge in [0.2, 0.25) is 5.91 Å². The molecule has 0 bridgehead atoms. The molecular formula is C12H15NO2. The van der Waals surface area contributed by atoms with Crippen LogP contribution in [0.5, 0.6) is 0 Å². The minimum Gasteiger partial charge on any atom is -0.394 e. The minimum absolute atomic E-state index is 0.104. The molecule has 1 atom stereocenters. The number of aliphatic hydroxyl groups is 1. The second-order valence-electron chi connectivity index (χ2n) is 3.15. The van der Waals surface area contributed by atoms with Crippen LogP contribution in [0.2, 0.25) is 0 Å². The van der Waals surface area contributed by atoms with Gasteiger partial charge in [0.05, 0.1) is 12.6 Å². The highest BCUT2D eigenvalue weighted by Gasteiger charge is 2.10. The number of allylic oxidation sites excluding steroid dienone is 1. The molecule has 0 fully saturated rings. The van der Waals surface area contributed by atoms with Crippen LogP contribution in [0.15, 0.2) is 42.5 Å². The van der Waals surface area contributed by atoms with Gasteiger partial charge in [-0.25, -0.2) is 0 Å². The summed E-state index contributed by atoms with van der Waals surface area (Å²) >= 11 is 0.